The fourth-order valence-electron chi connectivity index (χ4n) is 1.87. The minimum Gasteiger partial charge on any atom is -0.294 e. The zero-order valence-electron chi connectivity index (χ0n) is 8.66. The number of carbonyl (C=O) groups excluding carboxylic acids is 1. The van der Waals surface area contributed by atoms with Gasteiger partial charge in [0.15, 0.2) is 5.78 Å². The van der Waals surface area contributed by atoms with E-state index in [1.54, 1.807) is 0 Å². The highest BCUT2D eigenvalue weighted by Crippen LogP contribution is 2.29. The van der Waals surface area contributed by atoms with Gasteiger partial charge in [0.05, 0.1) is 0 Å². The highest BCUT2D eigenvalue weighted by atomic mass is 35.5. The number of rotatable bonds is 1. The lowest BCUT2D eigenvalue weighted by atomic mass is 10.1. The largest absolute Gasteiger partial charge is 0.294 e. The topological polar surface area (TPSA) is 17.1 Å². The number of hydrogen-bond acceptors (Lipinski definition) is 1. The van der Waals surface area contributed by atoms with Crippen molar-refractivity contribution in [2.24, 2.45) is 5.92 Å². The van der Waals surface area contributed by atoms with E-state index < -0.39 is 0 Å². The van der Waals surface area contributed by atoms with Crippen LogP contribution in [0.15, 0.2) is 29.8 Å². The number of halogens is 1. The molecule has 0 aromatic heterocycles. The van der Waals surface area contributed by atoms with E-state index in [4.69, 9.17) is 11.6 Å². The molecule has 1 unspecified atom stereocenters. The maximum absolute atomic E-state index is 11.7. The van der Waals surface area contributed by atoms with Crippen LogP contribution in [-0.4, -0.2) is 5.78 Å². The van der Waals surface area contributed by atoms with Crippen LogP contribution in [0.3, 0.4) is 0 Å². The van der Waals surface area contributed by atoms with Crippen LogP contribution in [0, 0.1) is 5.92 Å². The molecule has 0 bridgehead atoms. The summed E-state index contributed by atoms with van der Waals surface area (Å²) in [6.07, 6.45) is 3.77. The van der Waals surface area contributed by atoms with E-state index in [1.165, 1.54) is 0 Å². The van der Waals surface area contributed by atoms with Crippen LogP contribution in [0.4, 0.5) is 0 Å². The van der Waals surface area contributed by atoms with Gasteiger partial charge in [0, 0.05) is 10.9 Å². The Balaban J connectivity index is 2.32. The van der Waals surface area contributed by atoms with Crippen molar-refractivity contribution in [2.45, 2.75) is 19.8 Å². The Hall–Kier alpha value is -1.08. The third-order valence-corrected chi connectivity index (χ3v) is 3.19. The summed E-state index contributed by atoms with van der Waals surface area (Å²) in [7, 11) is 0. The van der Waals surface area contributed by atoms with Gasteiger partial charge in [-0.3, -0.25) is 4.79 Å². The zero-order valence-corrected chi connectivity index (χ0v) is 9.42. The fraction of sp³-hybridized carbons (Fsp3) is 0.308. The maximum atomic E-state index is 11.7. The average Bonchev–Trinajstić information content (AvgIpc) is 2.53. The first-order valence-electron chi connectivity index (χ1n) is 5.18. The highest BCUT2D eigenvalue weighted by molar-refractivity contribution is 6.32. The Bertz CT molecular complexity index is 420. The van der Waals surface area contributed by atoms with Gasteiger partial charge < -0.3 is 0 Å². The van der Waals surface area contributed by atoms with E-state index in [-0.39, 0.29) is 11.7 Å². The first-order chi connectivity index (χ1) is 7.18. The van der Waals surface area contributed by atoms with Crippen LogP contribution in [0.25, 0.3) is 6.08 Å². The van der Waals surface area contributed by atoms with Gasteiger partial charge in [0.2, 0.25) is 0 Å². The van der Waals surface area contributed by atoms with Gasteiger partial charge in [-0.15, -0.1) is 0 Å². The predicted octanol–water partition coefficient (Wildman–Crippen LogP) is 3.72. The number of carbonyl (C=O) groups is 1. The molecular formula is C13H13ClO. The molecule has 0 heterocycles. The molecule has 0 spiro atoms. The van der Waals surface area contributed by atoms with Crippen LogP contribution >= 0.6 is 11.6 Å². The lowest BCUT2D eigenvalue weighted by molar-refractivity contribution is -0.117. The summed E-state index contributed by atoms with van der Waals surface area (Å²) >= 11 is 6.03. The third-order valence-electron chi connectivity index (χ3n) is 2.85. The standard InChI is InChI=1S/C13H13ClO/c1-9-6-7-11(13(9)15)8-10-4-2-3-5-12(10)14/h2-5,8-9H,6-7H2,1H3/b11-8+. The minimum absolute atomic E-state index is 0.179. The van der Waals surface area contributed by atoms with Gasteiger partial charge in [-0.2, -0.15) is 0 Å². The van der Waals surface area contributed by atoms with E-state index in [1.807, 2.05) is 37.3 Å². The molecule has 1 aliphatic rings. The van der Waals surface area contributed by atoms with E-state index in [2.05, 4.69) is 0 Å². The summed E-state index contributed by atoms with van der Waals surface area (Å²) in [6.45, 7) is 1.98. The fourth-order valence-corrected chi connectivity index (χ4v) is 2.06. The number of allylic oxidation sites excluding steroid dienone is 1. The molecular weight excluding hydrogens is 208 g/mol. The van der Waals surface area contributed by atoms with Crippen molar-refractivity contribution in [3.63, 3.8) is 0 Å². The quantitative estimate of drug-likeness (QED) is 0.660. The number of hydrogen-bond donors (Lipinski definition) is 0. The van der Waals surface area contributed by atoms with Gasteiger partial charge in [0.25, 0.3) is 0 Å². The molecule has 1 nitrogen and oxygen atoms in total. The second-order valence-corrected chi connectivity index (χ2v) is 4.40. The normalized spacial score (nSPS) is 23.7. The molecule has 78 valence electrons. The van der Waals surface area contributed by atoms with Gasteiger partial charge in [-0.25, -0.2) is 0 Å². The second-order valence-electron chi connectivity index (χ2n) is 4.00. The van der Waals surface area contributed by atoms with Gasteiger partial charge in [0.1, 0.15) is 0 Å². The lowest BCUT2D eigenvalue weighted by Crippen LogP contribution is -2.02. The Morgan fingerprint density at radius 2 is 2.13 bits per heavy atom. The predicted molar refractivity (Wildman–Crippen MR) is 62.8 cm³/mol. The van der Waals surface area contributed by atoms with Crippen LogP contribution in [0.5, 0.6) is 0 Å². The lowest BCUT2D eigenvalue weighted by Gasteiger charge is -2.00. The molecule has 2 rings (SSSR count). The first kappa shape index (κ1) is 10.4. The monoisotopic (exact) mass is 220 g/mol. The molecule has 1 saturated carbocycles. The molecule has 1 aliphatic carbocycles. The summed E-state index contributed by atoms with van der Waals surface area (Å²) in [6, 6.07) is 7.60. The Kier molecular flexibility index (Phi) is 2.92. The summed E-state index contributed by atoms with van der Waals surface area (Å²) in [4.78, 5) is 11.7. The van der Waals surface area contributed by atoms with Crippen LogP contribution in [0.2, 0.25) is 5.02 Å². The molecule has 0 aliphatic heterocycles. The SMILES string of the molecule is CC1CC/C(=C\c2ccccc2Cl)C1=O. The Morgan fingerprint density at radius 3 is 2.73 bits per heavy atom. The van der Waals surface area contributed by atoms with Crippen LogP contribution < -0.4 is 0 Å². The molecule has 1 fully saturated rings. The van der Waals surface area contributed by atoms with Crippen molar-refractivity contribution in [3.8, 4) is 0 Å². The molecule has 1 aromatic rings. The number of Topliss-reactive ketones (excluding diaryl/α,β-unsaturated/α-hetero) is 1. The number of ketones is 1. The zero-order chi connectivity index (χ0) is 10.8. The molecule has 1 atom stereocenters. The van der Waals surface area contributed by atoms with Crippen molar-refractivity contribution < 1.29 is 4.79 Å². The summed E-state index contributed by atoms with van der Waals surface area (Å²) in [5, 5.41) is 0.706. The first-order valence-corrected chi connectivity index (χ1v) is 5.55. The van der Waals surface area contributed by atoms with Crippen molar-refractivity contribution in [3.05, 3.63) is 40.4 Å². The van der Waals surface area contributed by atoms with E-state index in [0.717, 1.165) is 24.0 Å². The average molecular weight is 221 g/mol. The third kappa shape index (κ3) is 2.13. The summed E-state index contributed by atoms with van der Waals surface area (Å²) in [5.74, 6) is 0.452. The Morgan fingerprint density at radius 1 is 1.40 bits per heavy atom. The van der Waals surface area contributed by atoms with E-state index >= 15 is 0 Å². The summed E-state index contributed by atoms with van der Waals surface area (Å²) in [5.41, 5.74) is 1.85. The van der Waals surface area contributed by atoms with Gasteiger partial charge >= 0.3 is 0 Å². The van der Waals surface area contributed by atoms with Gasteiger partial charge in [-0.05, 0) is 36.1 Å². The van der Waals surface area contributed by atoms with Crippen LogP contribution in [0.1, 0.15) is 25.3 Å². The smallest absolute Gasteiger partial charge is 0.161 e. The van der Waals surface area contributed by atoms with Crippen molar-refractivity contribution in [2.75, 3.05) is 0 Å². The van der Waals surface area contributed by atoms with E-state index in [0.29, 0.717) is 5.02 Å². The van der Waals surface area contributed by atoms with Gasteiger partial charge in [-0.1, -0.05) is 36.7 Å². The van der Waals surface area contributed by atoms with Crippen molar-refractivity contribution in [1.29, 1.82) is 0 Å². The van der Waals surface area contributed by atoms with E-state index in [9.17, 15) is 4.79 Å². The van der Waals surface area contributed by atoms with Crippen molar-refractivity contribution in [1.82, 2.24) is 0 Å². The molecule has 0 radical (unpaired) electrons. The summed E-state index contributed by atoms with van der Waals surface area (Å²) < 4.78 is 0. The molecule has 2 heteroatoms. The highest BCUT2D eigenvalue weighted by Gasteiger charge is 2.24. The second kappa shape index (κ2) is 4.19. The van der Waals surface area contributed by atoms with Crippen LogP contribution in [-0.2, 0) is 4.79 Å². The molecule has 0 amide bonds. The van der Waals surface area contributed by atoms with Crippen molar-refractivity contribution >= 4 is 23.5 Å². The maximum Gasteiger partial charge on any atom is 0.161 e. The molecule has 1 aromatic carbocycles. The molecule has 0 N–H and O–H groups in total. The molecule has 15 heavy (non-hydrogen) atoms. The Labute approximate surface area is 94.8 Å². The number of benzene rings is 1. The molecule has 0 saturated heterocycles. The minimum atomic E-state index is 0.179.